The Morgan fingerprint density at radius 1 is 1.00 bits per heavy atom. The molecule has 0 saturated heterocycles. The van der Waals surface area contributed by atoms with Crippen LogP contribution in [0, 0.1) is 6.92 Å². The van der Waals surface area contributed by atoms with Crippen LogP contribution < -0.4 is 4.90 Å². The first-order valence-electron chi connectivity index (χ1n) is 6.57. The fourth-order valence-corrected chi connectivity index (χ4v) is 2.34. The third-order valence-corrected chi connectivity index (χ3v) is 3.21. The molecular weight excluding hydrogens is 266 g/mol. The van der Waals surface area contributed by atoms with E-state index in [9.17, 15) is 14.7 Å². The molecular formula is C17H17NO3. The molecule has 0 bridgehead atoms. The molecule has 2 aromatic carbocycles. The molecule has 2 rings (SSSR count). The zero-order valence-corrected chi connectivity index (χ0v) is 12.3. The summed E-state index contributed by atoms with van der Waals surface area (Å²) in [6.07, 6.45) is 0. The highest BCUT2D eigenvalue weighted by atomic mass is 16.4. The number of ketones is 1. The van der Waals surface area contributed by atoms with Crippen molar-refractivity contribution >= 4 is 17.4 Å². The number of aromatic carboxylic acids is 1. The maximum atomic E-state index is 12.7. The summed E-state index contributed by atoms with van der Waals surface area (Å²) >= 11 is 0. The summed E-state index contributed by atoms with van der Waals surface area (Å²) in [6, 6.07) is 12.2. The number of aryl methyl sites for hydroxylation is 1. The number of anilines is 1. The summed E-state index contributed by atoms with van der Waals surface area (Å²) in [5, 5.41) is 9.38. The Morgan fingerprint density at radius 2 is 1.57 bits per heavy atom. The maximum absolute atomic E-state index is 12.7. The average molecular weight is 283 g/mol. The van der Waals surface area contributed by atoms with Crippen LogP contribution >= 0.6 is 0 Å². The fraction of sp³-hybridized carbons (Fsp3) is 0.176. The second-order valence-electron chi connectivity index (χ2n) is 5.10. The normalized spacial score (nSPS) is 10.2. The van der Waals surface area contributed by atoms with Gasteiger partial charge in [-0.15, -0.1) is 0 Å². The van der Waals surface area contributed by atoms with Gasteiger partial charge in [0.05, 0.1) is 11.3 Å². The molecule has 0 unspecified atom stereocenters. The van der Waals surface area contributed by atoms with E-state index in [2.05, 4.69) is 0 Å². The molecule has 0 atom stereocenters. The third kappa shape index (κ3) is 2.94. The first kappa shape index (κ1) is 14.8. The van der Waals surface area contributed by atoms with Crippen molar-refractivity contribution in [1.82, 2.24) is 0 Å². The van der Waals surface area contributed by atoms with Crippen LogP contribution in [-0.2, 0) is 0 Å². The van der Waals surface area contributed by atoms with Crippen LogP contribution in [0.25, 0.3) is 0 Å². The van der Waals surface area contributed by atoms with E-state index >= 15 is 0 Å². The molecule has 0 aliphatic heterocycles. The molecule has 1 N–H and O–H groups in total. The van der Waals surface area contributed by atoms with Crippen molar-refractivity contribution in [1.29, 1.82) is 0 Å². The second-order valence-corrected chi connectivity index (χ2v) is 5.10. The number of hydrogen-bond acceptors (Lipinski definition) is 3. The number of carbonyl (C=O) groups is 2. The molecule has 108 valence electrons. The van der Waals surface area contributed by atoms with E-state index in [4.69, 9.17) is 0 Å². The van der Waals surface area contributed by atoms with E-state index in [1.807, 2.05) is 6.07 Å². The van der Waals surface area contributed by atoms with Crippen LogP contribution in [0.5, 0.6) is 0 Å². The quantitative estimate of drug-likeness (QED) is 0.876. The molecule has 0 amide bonds. The molecule has 4 heteroatoms. The van der Waals surface area contributed by atoms with Crippen molar-refractivity contribution in [2.24, 2.45) is 0 Å². The van der Waals surface area contributed by atoms with Crippen LogP contribution in [0.2, 0.25) is 0 Å². The van der Waals surface area contributed by atoms with Gasteiger partial charge in [0.15, 0.2) is 5.78 Å². The molecule has 0 aliphatic rings. The summed E-state index contributed by atoms with van der Waals surface area (Å²) in [4.78, 5) is 25.8. The Labute approximate surface area is 123 Å². The Bertz CT molecular complexity index is 691. The van der Waals surface area contributed by atoms with Gasteiger partial charge in [-0.3, -0.25) is 4.79 Å². The summed E-state index contributed by atoms with van der Waals surface area (Å²) in [5.41, 5.74) is 2.27. The minimum absolute atomic E-state index is 0.138. The Kier molecular flexibility index (Phi) is 4.08. The van der Waals surface area contributed by atoms with E-state index in [1.165, 1.54) is 0 Å². The predicted octanol–water partition coefficient (Wildman–Crippen LogP) is 2.99. The lowest BCUT2D eigenvalue weighted by Gasteiger charge is -2.20. The first-order chi connectivity index (χ1) is 9.91. The molecule has 0 fully saturated rings. The molecule has 2 aromatic rings. The molecule has 4 nitrogen and oxygen atoms in total. The minimum Gasteiger partial charge on any atom is -0.478 e. The largest absolute Gasteiger partial charge is 0.478 e. The van der Waals surface area contributed by atoms with Crippen LogP contribution in [0.3, 0.4) is 0 Å². The highest BCUT2D eigenvalue weighted by molar-refractivity contribution is 6.15. The Balaban J connectivity index is 2.68. The molecule has 0 heterocycles. The van der Waals surface area contributed by atoms with Gasteiger partial charge in [-0.2, -0.15) is 0 Å². The van der Waals surface area contributed by atoms with Gasteiger partial charge in [-0.05, 0) is 24.6 Å². The maximum Gasteiger partial charge on any atom is 0.337 e. The molecule has 0 spiro atoms. The van der Waals surface area contributed by atoms with Crippen molar-refractivity contribution in [3.8, 4) is 0 Å². The van der Waals surface area contributed by atoms with Gasteiger partial charge in [0.1, 0.15) is 0 Å². The molecule has 21 heavy (non-hydrogen) atoms. The smallest absolute Gasteiger partial charge is 0.337 e. The van der Waals surface area contributed by atoms with Crippen LogP contribution in [-0.4, -0.2) is 31.0 Å². The number of carbonyl (C=O) groups excluding carboxylic acids is 1. The van der Waals surface area contributed by atoms with E-state index < -0.39 is 5.97 Å². The third-order valence-electron chi connectivity index (χ3n) is 3.21. The number of nitrogens with zero attached hydrogens (tertiary/aromatic N) is 1. The van der Waals surface area contributed by atoms with Gasteiger partial charge in [-0.25, -0.2) is 4.79 Å². The molecule has 0 aromatic heterocycles. The van der Waals surface area contributed by atoms with Gasteiger partial charge in [0.25, 0.3) is 0 Å². The number of hydrogen-bond donors (Lipinski definition) is 1. The Hall–Kier alpha value is -2.62. The standard InChI is InChI=1S/C17H17NO3/c1-11-9-13(16(19)12-7-5-4-6-8-12)15(18(2)3)14(10-11)17(20)21/h4-10H,1-3H3,(H,20,21). The van der Waals surface area contributed by atoms with E-state index in [0.29, 0.717) is 16.8 Å². The van der Waals surface area contributed by atoms with E-state index in [-0.39, 0.29) is 11.3 Å². The lowest BCUT2D eigenvalue weighted by Crippen LogP contribution is -2.19. The van der Waals surface area contributed by atoms with Crippen molar-refractivity contribution < 1.29 is 14.7 Å². The average Bonchev–Trinajstić information content (AvgIpc) is 2.46. The van der Waals surface area contributed by atoms with Crippen molar-refractivity contribution in [3.63, 3.8) is 0 Å². The zero-order valence-electron chi connectivity index (χ0n) is 12.3. The fourth-order valence-electron chi connectivity index (χ4n) is 2.34. The molecule has 0 saturated carbocycles. The van der Waals surface area contributed by atoms with E-state index in [0.717, 1.165) is 5.56 Å². The monoisotopic (exact) mass is 283 g/mol. The molecule has 0 aliphatic carbocycles. The summed E-state index contributed by atoms with van der Waals surface area (Å²) in [6.45, 7) is 1.79. The van der Waals surface area contributed by atoms with Crippen molar-refractivity contribution in [2.75, 3.05) is 19.0 Å². The second kappa shape index (κ2) is 5.79. The van der Waals surface area contributed by atoms with E-state index in [1.54, 1.807) is 62.3 Å². The number of carboxylic acids is 1. The summed E-state index contributed by atoms with van der Waals surface area (Å²) in [7, 11) is 3.47. The number of benzene rings is 2. The SMILES string of the molecule is Cc1cc(C(=O)O)c(N(C)C)c(C(=O)c2ccccc2)c1. The van der Waals surface area contributed by atoms with Gasteiger partial charge in [0.2, 0.25) is 0 Å². The topological polar surface area (TPSA) is 57.6 Å². The van der Waals surface area contributed by atoms with Gasteiger partial charge in [0, 0.05) is 25.2 Å². The van der Waals surface area contributed by atoms with Gasteiger partial charge >= 0.3 is 5.97 Å². The van der Waals surface area contributed by atoms with Crippen molar-refractivity contribution in [2.45, 2.75) is 6.92 Å². The summed E-state index contributed by atoms with van der Waals surface area (Å²) in [5.74, 6) is -1.21. The van der Waals surface area contributed by atoms with Crippen LogP contribution in [0.15, 0.2) is 42.5 Å². The van der Waals surface area contributed by atoms with Crippen molar-refractivity contribution in [3.05, 3.63) is 64.7 Å². The predicted molar refractivity (Wildman–Crippen MR) is 82.3 cm³/mol. The highest BCUT2D eigenvalue weighted by Gasteiger charge is 2.22. The summed E-state index contributed by atoms with van der Waals surface area (Å²) < 4.78 is 0. The first-order valence-corrected chi connectivity index (χ1v) is 6.57. The lowest BCUT2D eigenvalue weighted by atomic mass is 9.96. The number of rotatable bonds is 4. The highest BCUT2D eigenvalue weighted by Crippen LogP contribution is 2.28. The lowest BCUT2D eigenvalue weighted by molar-refractivity contribution is 0.0697. The minimum atomic E-state index is -1.04. The van der Waals surface area contributed by atoms with Crippen LogP contribution in [0.4, 0.5) is 5.69 Å². The van der Waals surface area contributed by atoms with Crippen LogP contribution in [0.1, 0.15) is 31.8 Å². The zero-order chi connectivity index (χ0) is 15.6. The van der Waals surface area contributed by atoms with Gasteiger partial charge < -0.3 is 10.0 Å². The Morgan fingerprint density at radius 3 is 2.10 bits per heavy atom. The molecule has 0 radical (unpaired) electrons. The van der Waals surface area contributed by atoms with Gasteiger partial charge in [-0.1, -0.05) is 30.3 Å². The number of carboxylic acid groups (broad SMARTS) is 1.